The van der Waals surface area contributed by atoms with Crippen LogP contribution in [0, 0.1) is 6.92 Å². The first-order chi connectivity index (χ1) is 12.1. The molecule has 3 rings (SSSR count). The molecule has 0 saturated heterocycles. The van der Waals surface area contributed by atoms with Crippen LogP contribution >= 0.6 is 15.9 Å². The SMILES string of the molecule is Cc1ccc(Nc2ccc(NC(=O)Cc3ccccc3)nn2)c(Br)c1. The van der Waals surface area contributed by atoms with E-state index in [9.17, 15) is 4.79 Å². The van der Waals surface area contributed by atoms with Gasteiger partial charge in [0.2, 0.25) is 5.91 Å². The lowest BCUT2D eigenvalue weighted by atomic mass is 10.1. The fraction of sp³-hybridized carbons (Fsp3) is 0.105. The van der Waals surface area contributed by atoms with Crippen molar-refractivity contribution in [1.29, 1.82) is 0 Å². The van der Waals surface area contributed by atoms with Crippen molar-refractivity contribution in [3.63, 3.8) is 0 Å². The first-order valence-corrected chi connectivity index (χ1v) is 8.60. The zero-order valence-electron chi connectivity index (χ0n) is 13.7. The number of anilines is 3. The molecule has 2 aromatic carbocycles. The highest BCUT2D eigenvalue weighted by atomic mass is 79.9. The number of rotatable bonds is 5. The van der Waals surface area contributed by atoms with Crippen LogP contribution in [0.3, 0.4) is 0 Å². The lowest BCUT2D eigenvalue weighted by molar-refractivity contribution is -0.115. The van der Waals surface area contributed by atoms with Gasteiger partial charge in [-0.3, -0.25) is 4.79 Å². The van der Waals surface area contributed by atoms with Crippen molar-refractivity contribution in [2.24, 2.45) is 0 Å². The normalized spacial score (nSPS) is 10.3. The summed E-state index contributed by atoms with van der Waals surface area (Å²) in [5.74, 6) is 0.905. The highest BCUT2D eigenvalue weighted by Gasteiger charge is 2.06. The van der Waals surface area contributed by atoms with Crippen molar-refractivity contribution in [3.05, 3.63) is 76.3 Å². The summed E-state index contributed by atoms with van der Waals surface area (Å²) in [7, 11) is 0. The van der Waals surface area contributed by atoms with Crippen molar-refractivity contribution < 1.29 is 4.79 Å². The van der Waals surface area contributed by atoms with Gasteiger partial charge in [-0.1, -0.05) is 36.4 Å². The molecule has 0 radical (unpaired) electrons. The van der Waals surface area contributed by atoms with Gasteiger partial charge in [0.15, 0.2) is 11.6 Å². The van der Waals surface area contributed by atoms with Gasteiger partial charge in [-0.05, 0) is 58.2 Å². The molecule has 2 N–H and O–H groups in total. The second kappa shape index (κ2) is 7.90. The lowest BCUT2D eigenvalue weighted by Crippen LogP contribution is -2.15. The van der Waals surface area contributed by atoms with Crippen molar-refractivity contribution in [2.75, 3.05) is 10.6 Å². The number of aryl methyl sites for hydroxylation is 1. The number of carbonyl (C=O) groups excluding carboxylic acids is 1. The number of carbonyl (C=O) groups is 1. The van der Waals surface area contributed by atoms with E-state index >= 15 is 0 Å². The zero-order chi connectivity index (χ0) is 17.6. The van der Waals surface area contributed by atoms with Gasteiger partial charge >= 0.3 is 0 Å². The standard InChI is InChI=1S/C19H17BrN4O/c1-13-7-8-16(15(20)11-13)21-17-9-10-18(24-23-17)22-19(25)12-14-5-3-2-4-6-14/h2-11H,12H2,1H3,(H,21,23)(H,22,24,25). The van der Waals surface area contributed by atoms with Gasteiger partial charge in [0.25, 0.3) is 0 Å². The minimum atomic E-state index is -0.123. The Balaban J connectivity index is 1.61. The summed E-state index contributed by atoms with van der Waals surface area (Å²) in [6.07, 6.45) is 0.304. The molecule has 0 unspecified atom stereocenters. The van der Waals surface area contributed by atoms with Crippen molar-refractivity contribution in [2.45, 2.75) is 13.3 Å². The van der Waals surface area contributed by atoms with Gasteiger partial charge in [-0.15, -0.1) is 10.2 Å². The van der Waals surface area contributed by atoms with Crippen LogP contribution in [-0.4, -0.2) is 16.1 Å². The number of amides is 1. The number of aromatic nitrogens is 2. The first kappa shape index (κ1) is 17.1. The number of nitrogens with zero attached hydrogens (tertiary/aromatic N) is 2. The summed E-state index contributed by atoms with van der Waals surface area (Å²) < 4.78 is 0.953. The molecule has 0 atom stereocenters. The van der Waals surface area contributed by atoms with Gasteiger partial charge < -0.3 is 10.6 Å². The van der Waals surface area contributed by atoms with E-state index in [1.807, 2.05) is 55.5 Å². The molecular formula is C19H17BrN4O. The van der Waals surface area contributed by atoms with E-state index in [2.05, 4.69) is 36.8 Å². The van der Waals surface area contributed by atoms with Crippen LogP contribution in [0.4, 0.5) is 17.3 Å². The minimum absolute atomic E-state index is 0.123. The smallest absolute Gasteiger partial charge is 0.229 e. The second-order valence-corrected chi connectivity index (χ2v) is 6.48. The average molecular weight is 397 g/mol. The Kier molecular flexibility index (Phi) is 5.40. The third kappa shape index (κ3) is 4.87. The number of benzene rings is 2. The van der Waals surface area contributed by atoms with Crippen LogP contribution in [0.5, 0.6) is 0 Å². The molecule has 1 aromatic heterocycles. The molecule has 5 nitrogen and oxygen atoms in total. The van der Waals surface area contributed by atoms with Crippen LogP contribution < -0.4 is 10.6 Å². The molecule has 0 aliphatic carbocycles. The summed E-state index contributed by atoms with van der Waals surface area (Å²) in [4.78, 5) is 12.0. The van der Waals surface area contributed by atoms with E-state index in [0.29, 0.717) is 18.1 Å². The van der Waals surface area contributed by atoms with Gasteiger partial charge in [0.05, 0.1) is 12.1 Å². The van der Waals surface area contributed by atoms with E-state index in [-0.39, 0.29) is 5.91 Å². The highest BCUT2D eigenvalue weighted by Crippen LogP contribution is 2.26. The molecule has 0 spiro atoms. The fourth-order valence-corrected chi connectivity index (χ4v) is 2.89. The van der Waals surface area contributed by atoms with Crippen molar-refractivity contribution >= 4 is 39.2 Å². The Morgan fingerprint density at radius 2 is 1.72 bits per heavy atom. The van der Waals surface area contributed by atoms with Crippen LogP contribution in [0.1, 0.15) is 11.1 Å². The third-order valence-electron chi connectivity index (χ3n) is 3.53. The molecule has 126 valence electrons. The van der Waals surface area contributed by atoms with Gasteiger partial charge in [-0.2, -0.15) is 0 Å². The molecule has 6 heteroatoms. The third-order valence-corrected chi connectivity index (χ3v) is 4.18. The molecule has 0 fully saturated rings. The van der Waals surface area contributed by atoms with Crippen molar-refractivity contribution in [1.82, 2.24) is 10.2 Å². The molecule has 0 aliphatic heterocycles. The van der Waals surface area contributed by atoms with E-state index < -0.39 is 0 Å². The quantitative estimate of drug-likeness (QED) is 0.667. The molecule has 1 amide bonds. The number of hydrogen-bond donors (Lipinski definition) is 2. The summed E-state index contributed by atoms with van der Waals surface area (Å²) in [5.41, 5.74) is 3.02. The van der Waals surface area contributed by atoms with Crippen LogP contribution in [0.25, 0.3) is 0 Å². The number of halogens is 1. The van der Waals surface area contributed by atoms with Gasteiger partial charge in [0, 0.05) is 4.47 Å². The molecule has 1 heterocycles. The Labute approximate surface area is 154 Å². The molecular weight excluding hydrogens is 380 g/mol. The van der Waals surface area contributed by atoms with Crippen molar-refractivity contribution in [3.8, 4) is 0 Å². The number of nitrogens with one attached hydrogen (secondary N) is 2. The Morgan fingerprint density at radius 1 is 1.00 bits per heavy atom. The summed E-state index contributed by atoms with van der Waals surface area (Å²) in [5, 5.41) is 14.1. The predicted octanol–water partition coefficient (Wildman–Crippen LogP) is 4.47. The van der Waals surface area contributed by atoms with Crippen LogP contribution in [0.2, 0.25) is 0 Å². The predicted molar refractivity (Wildman–Crippen MR) is 103 cm³/mol. The Hall–Kier alpha value is -2.73. The lowest BCUT2D eigenvalue weighted by Gasteiger charge is -2.09. The monoisotopic (exact) mass is 396 g/mol. The topological polar surface area (TPSA) is 66.9 Å². The summed E-state index contributed by atoms with van der Waals surface area (Å²) in [6.45, 7) is 2.03. The summed E-state index contributed by atoms with van der Waals surface area (Å²) >= 11 is 3.52. The maximum atomic E-state index is 12.0. The maximum absolute atomic E-state index is 12.0. The zero-order valence-corrected chi connectivity index (χ0v) is 15.2. The van der Waals surface area contributed by atoms with E-state index in [0.717, 1.165) is 15.7 Å². The van der Waals surface area contributed by atoms with Crippen LogP contribution in [-0.2, 0) is 11.2 Å². The summed E-state index contributed by atoms with van der Waals surface area (Å²) in [6, 6.07) is 19.1. The fourth-order valence-electron chi connectivity index (χ4n) is 2.29. The van der Waals surface area contributed by atoms with Gasteiger partial charge in [0.1, 0.15) is 0 Å². The Morgan fingerprint density at radius 3 is 2.40 bits per heavy atom. The largest absolute Gasteiger partial charge is 0.338 e. The Bertz CT molecular complexity index is 866. The minimum Gasteiger partial charge on any atom is -0.338 e. The maximum Gasteiger partial charge on any atom is 0.229 e. The second-order valence-electron chi connectivity index (χ2n) is 5.62. The average Bonchev–Trinajstić information content (AvgIpc) is 2.60. The van der Waals surface area contributed by atoms with E-state index in [4.69, 9.17) is 0 Å². The van der Waals surface area contributed by atoms with E-state index in [1.54, 1.807) is 12.1 Å². The van der Waals surface area contributed by atoms with Gasteiger partial charge in [-0.25, -0.2) is 0 Å². The molecule has 0 aliphatic rings. The number of hydrogen-bond acceptors (Lipinski definition) is 4. The molecule has 25 heavy (non-hydrogen) atoms. The van der Waals surface area contributed by atoms with Crippen LogP contribution in [0.15, 0.2) is 65.1 Å². The highest BCUT2D eigenvalue weighted by molar-refractivity contribution is 9.10. The van der Waals surface area contributed by atoms with E-state index in [1.165, 1.54) is 5.56 Å². The first-order valence-electron chi connectivity index (χ1n) is 7.81. The molecule has 0 bridgehead atoms. The molecule has 0 saturated carbocycles. The molecule has 3 aromatic rings.